The number of pyridine rings is 1. The second-order valence-corrected chi connectivity index (χ2v) is 5.97. The van der Waals surface area contributed by atoms with Crippen LogP contribution in [-0.2, 0) is 11.3 Å². The van der Waals surface area contributed by atoms with Gasteiger partial charge in [0.1, 0.15) is 0 Å². The summed E-state index contributed by atoms with van der Waals surface area (Å²) >= 11 is 0. The first-order chi connectivity index (χ1) is 12.7. The SMILES string of the molecule is CCNC(=NCc1cccc(OC)n1)NC1CCN(C(=O)OCC)CC1. The second-order valence-electron chi connectivity index (χ2n) is 5.97. The number of nitrogens with one attached hydrogen (secondary N) is 2. The van der Waals surface area contributed by atoms with Gasteiger partial charge in [0.25, 0.3) is 0 Å². The van der Waals surface area contributed by atoms with Crippen molar-refractivity contribution in [2.45, 2.75) is 39.3 Å². The predicted molar refractivity (Wildman–Crippen MR) is 100 cm³/mol. The summed E-state index contributed by atoms with van der Waals surface area (Å²) in [4.78, 5) is 22.5. The van der Waals surface area contributed by atoms with Gasteiger partial charge in [0.2, 0.25) is 5.88 Å². The van der Waals surface area contributed by atoms with Crippen molar-refractivity contribution in [3.8, 4) is 5.88 Å². The largest absolute Gasteiger partial charge is 0.481 e. The van der Waals surface area contributed by atoms with Crippen molar-refractivity contribution in [3.05, 3.63) is 23.9 Å². The summed E-state index contributed by atoms with van der Waals surface area (Å²) in [5, 5.41) is 6.71. The zero-order valence-corrected chi connectivity index (χ0v) is 15.8. The molecule has 0 bridgehead atoms. The number of carbonyl (C=O) groups excluding carboxylic acids is 1. The number of carbonyl (C=O) groups is 1. The van der Waals surface area contributed by atoms with E-state index in [1.54, 1.807) is 12.0 Å². The fraction of sp³-hybridized carbons (Fsp3) is 0.611. The highest BCUT2D eigenvalue weighted by Gasteiger charge is 2.24. The Labute approximate surface area is 155 Å². The van der Waals surface area contributed by atoms with Gasteiger partial charge in [-0.15, -0.1) is 0 Å². The first-order valence-corrected chi connectivity index (χ1v) is 9.12. The van der Waals surface area contributed by atoms with Crippen molar-refractivity contribution < 1.29 is 14.3 Å². The van der Waals surface area contributed by atoms with Crippen LogP contribution in [0.3, 0.4) is 0 Å². The monoisotopic (exact) mass is 363 g/mol. The Kier molecular flexibility index (Phi) is 7.98. The van der Waals surface area contributed by atoms with Gasteiger partial charge in [-0.05, 0) is 32.8 Å². The van der Waals surface area contributed by atoms with Crippen LogP contribution in [0.15, 0.2) is 23.2 Å². The fourth-order valence-electron chi connectivity index (χ4n) is 2.75. The van der Waals surface area contributed by atoms with E-state index in [9.17, 15) is 4.79 Å². The predicted octanol–water partition coefficient (Wildman–Crippen LogP) is 1.77. The molecule has 0 aliphatic carbocycles. The number of hydrogen-bond acceptors (Lipinski definition) is 5. The minimum atomic E-state index is -0.226. The van der Waals surface area contributed by atoms with Gasteiger partial charge in [-0.2, -0.15) is 0 Å². The van der Waals surface area contributed by atoms with Gasteiger partial charge in [0.05, 0.1) is 26.0 Å². The van der Waals surface area contributed by atoms with Crippen molar-refractivity contribution in [2.24, 2.45) is 4.99 Å². The molecule has 2 heterocycles. The molecule has 8 nitrogen and oxygen atoms in total. The number of aromatic nitrogens is 1. The maximum Gasteiger partial charge on any atom is 0.409 e. The van der Waals surface area contributed by atoms with Gasteiger partial charge in [0, 0.05) is 31.7 Å². The third kappa shape index (κ3) is 6.09. The Morgan fingerprint density at radius 2 is 2.12 bits per heavy atom. The molecule has 0 spiro atoms. The molecule has 0 saturated carbocycles. The maximum absolute atomic E-state index is 11.8. The zero-order valence-electron chi connectivity index (χ0n) is 15.8. The molecule has 0 unspecified atom stereocenters. The molecule has 1 amide bonds. The van der Waals surface area contributed by atoms with E-state index in [2.05, 4.69) is 20.6 Å². The molecule has 0 aromatic carbocycles. The maximum atomic E-state index is 11.8. The number of methoxy groups -OCH3 is 1. The number of aliphatic imine (C=N–C) groups is 1. The highest BCUT2D eigenvalue weighted by Crippen LogP contribution is 2.12. The van der Waals surface area contributed by atoms with E-state index in [-0.39, 0.29) is 12.1 Å². The van der Waals surface area contributed by atoms with Crippen molar-refractivity contribution in [2.75, 3.05) is 33.4 Å². The standard InChI is InChI=1S/C18H29N5O3/c1-4-19-17(20-13-15-7-6-8-16(21-15)25-3)22-14-9-11-23(12-10-14)18(24)26-5-2/h6-8,14H,4-5,9-13H2,1-3H3,(H2,19,20,22). The van der Waals surface area contributed by atoms with Gasteiger partial charge in [0.15, 0.2) is 5.96 Å². The third-order valence-corrected chi connectivity index (χ3v) is 4.10. The fourth-order valence-corrected chi connectivity index (χ4v) is 2.75. The summed E-state index contributed by atoms with van der Waals surface area (Å²) in [5.74, 6) is 1.34. The lowest BCUT2D eigenvalue weighted by Gasteiger charge is -2.32. The van der Waals surface area contributed by atoms with Gasteiger partial charge in [-0.25, -0.2) is 14.8 Å². The summed E-state index contributed by atoms with van der Waals surface area (Å²) in [6.45, 7) is 6.88. The molecule has 1 aromatic heterocycles. The van der Waals surface area contributed by atoms with Gasteiger partial charge >= 0.3 is 6.09 Å². The molecule has 1 aliphatic rings. The highest BCUT2D eigenvalue weighted by molar-refractivity contribution is 5.80. The van der Waals surface area contributed by atoms with Crippen LogP contribution in [0.1, 0.15) is 32.4 Å². The van der Waals surface area contributed by atoms with Crippen LogP contribution in [0.25, 0.3) is 0 Å². The average Bonchev–Trinajstić information content (AvgIpc) is 2.67. The number of hydrogen-bond donors (Lipinski definition) is 2. The van der Waals surface area contributed by atoms with Crippen LogP contribution in [0.5, 0.6) is 5.88 Å². The van der Waals surface area contributed by atoms with E-state index in [1.165, 1.54) is 0 Å². The molecule has 0 atom stereocenters. The topological polar surface area (TPSA) is 88.1 Å². The average molecular weight is 363 g/mol. The second kappa shape index (κ2) is 10.5. The van der Waals surface area contributed by atoms with E-state index < -0.39 is 0 Å². The number of amides is 1. The lowest BCUT2D eigenvalue weighted by molar-refractivity contribution is 0.0963. The Morgan fingerprint density at radius 1 is 1.35 bits per heavy atom. The van der Waals surface area contributed by atoms with E-state index in [1.807, 2.05) is 32.0 Å². The lowest BCUT2D eigenvalue weighted by atomic mass is 10.1. The van der Waals surface area contributed by atoms with E-state index in [0.717, 1.165) is 31.0 Å². The first kappa shape index (κ1) is 19.8. The van der Waals surface area contributed by atoms with Gasteiger partial charge in [-0.3, -0.25) is 0 Å². The van der Waals surface area contributed by atoms with Crippen molar-refractivity contribution in [1.29, 1.82) is 0 Å². The van der Waals surface area contributed by atoms with Crippen molar-refractivity contribution in [3.63, 3.8) is 0 Å². The van der Waals surface area contributed by atoms with Crippen LogP contribution in [0, 0.1) is 0 Å². The smallest absolute Gasteiger partial charge is 0.409 e. The molecule has 8 heteroatoms. The Balaban J connectivity index is 1.88. The quantitative estimate of drug-likeness (QED) is 0.592. The van der Waals surface area contributed by atoms with Crippen LogP contribution in [0.2, 0.25) is 0 Å². The number of nitrogens with zero attached hydrogens (tertiary/aromatic N) is 3. The van der Waals surface area contributed by atoms with Crippen molar-refractivity contribution in [1.82, 2.24) is 20.5 Å². The summed E-state index contributed by atoms with van der Waals surface area (Å²) in [6, 6.07) is 5.92. The molecule has 1 saturated heterocycles. The molecule has 2 N–H and O–H groups in total. The molecule has 144 valence electrons. The summed E-state index contributed by atoms with van der Waals surface area (Å²) < 4.78 is 10.2. The minimum Gasteiger partial charge on any atom is -0.481 e. The number of piperidine rings is 1. The van der Waals surface area contributed by atoms with Crippen LogP contribution < -0.4 is 15.4 Å². The summed E-state index contributed by atoms with van der Waals surface area (Å²) in [5.41, 5.74) is 0.846. The lowest BCUT2D eigenvalue weighted by Crippen LogP contribution is -2.49. The summed E-state index contributed by atoms with van der Waals surface area (Å²) in [6.07, 6.45) is 1.50. The van der Waals surface area contributed by atoms with Crippen molar-refractivity contribution >= 4 is 12.1 Å². The molecule has 2 rings (SSSR count). The molecular weight excluding hydrogens is 334 g/mol. The van der Waals surface area contributed by atoms with Crippen LogP contribution >= 0.6 is 0 Å². The molecule has 1 aliphatic heterocycles. The van der Waals surface area contributed by atoms with E-state index in [4.69, 9.17) is 9.47 Å². The van der Waals surface area contributed by atoms with Gasteiger partial charge in [-0.1, -0.05) is 6.07 Å². The minimum absolute atomic E-state index is 0.226. The molecule has 0 radical (unpaired) electrons. The van der Waals surface area contributed by atoms with Crippen LogP contribution in [0.4, 0.5) is 4.79 Å². The first-order valence-electron chi connectivity index (χ1n) is 9.12. The summed E-state index contributed by atoms with van der Waals surface area (Å²) in [7, 11) is 1.60. The molecule has 26 heavy (non-hydrogen) atoms. The molecule has 1 fully saturated rings. The van der Waals surface area contributed by atoms with E-state index >= 15 is 0 Å². The Bertz CT molecular complexity index is 600. The number of guanidine groups is 1. The Morgan fingerprint density at radius 3 is 2.77 bits per heavy atom. The molecule has 1 aromatic rings. The molecular formula is C18H29N5O3. The number of rotatable bonds is 6. The third-order valence-electron chi connectivity index (χ3n) is 4.10. The highest BCUT2D eigenvalue weighted by atomic mass is 16.6. The van der Waals surface area contributed by atoms with Gasteiger partial charge < -0.3 is 25.0 Å². The normalized spacial score (nSPS) is 15.5. The number of likely N-dealkylation sites (tertiary alicyclic amines) is 1. The number of ether oxygens (including phenoxy) is 2. The Hall–Kier alpha value is -2.51. The zero-order chi connectivity index (χ0) is 18.8. The van der Waals surface area contributed by atoms with E-state index in [0.29, 0.717) is 32.1 Å². The van der Waals surface area contributed by atoms with Crippen LogP contribution in [-0.4, -0.2) is 61.3 Å².